The second-order valence-electron chi connectivity index (χ2n) is 2.50. The van der Waals surface area contributed by atoms with Gasteiger partial charge in [0.15, 0.2) is 0 Å². The van der Waals surface area contributed by atoms with Crippen LogP contribution in [-0.2, 0) is 15.8 Å². The Bertz CT molecular complexity index is 440. The number of ether oxygens (including phenoxy) is 1. The zero-order valence-electron chi connectivity index (χ0n) is 8.45. The number of hydrogen-bond donors (Lipinski definition) is 0. The van der Waals surface area contributed by atoms with Gasteiger partial charge in [-0.3, -0.25) is 4.21 Å². The molecule has 0 spiro atoms. The van der Waals surface area contributed by atoms with Crippen LogP contribution in [0.3, 0.4) is 0 Å². The molecule has 82 valence electrons. The summed E-state index contributed by atoms with van der Waals surface area (Å²) in [6, 6.07) is 1.92. The van der Waals surface area contributed by atoms with Crippen LogP contribution in [0.25, 0.3) is 0 Å². The van der Waals surface area contributed by atoms with E-state index in [1.807, 2.05) is 0 Å². The first-order chi connectivity index (χ1) is 6.97. The van der Waals surface area contributed by atoms with E-state index < -0.39 is 22.9 Å². The molecule has 1 aromatic carbocycles. The minimum Gasteiger partial charge on any atom is -0.768 e. The second kappa shape index (κ2) is 6.83. The van der Waals surface area contributed by atoms with Crippen LogP contribution in [0.15, 0.2) is 21.5 Å². The summed E-state index contributed by atoms with van der Waals surface area (Å²) in [7, 11) is 1.12. The molecule has 1 unspecified atom stereocenters. The number of carbonyl (C=O) groups is 1. The third kappa shape index (κ3) is 3.61. The van der Waals surface area contributed by atoms with Crippen LogP contribution in [0, 0.1) is 5.82 Å². The van der Waals surface area contributed by atoms with Crippen molar-refractivity contribution >= 4 is 33.0 Å². The molecular formula is C8H5BrFNaO4S. The molecular weight excluding hydrogens is 314 g/mol. The molecule has 16 heavy (non-hydrogen) atoms. The largest absolute Gasteiger partial charge is 1.00 e. The second-order valence-corrected chi connectivity index (χ2v) is 4.20. The first-order valence-corrected chi connectivity index (χ1v) is 5.50. The topological polar surface area (TPSA) is 66.4 Å². The maximum absolute atomic E-state index is 13.2. The standard InChI is InChI=1S/C8H6BrFO4S.Na/c1-14-8(11)4-2-5(10)7(9)6(3-4)15(12)13;/h2-3H,1H3,(H,12,13);/q;+1/p-1. The molecule has 8 heteroatoms. The van der Waals surface area contributed by atoms with Crippen molar-refractivity contribution in [2.75, 3.05) is 7.11 Å². The van der Waals surface area contributed by atoms with Crippen LogP contribution < -0.4 is 29.6 Å². The maximum atomic E-state index is 13.2. The number of benzene rings is 1. The first kappa shape index (κ1) is 16.2. The van der Waals surface area contributed by atoms with Crippen LogP contribution in [0.4, 0.5) is 4.39 Å². The summed E-state index contributed by atoms with van der Waals surface area (Å²) in [5.74, 6) is -1.63. The first-order valence-electron chi connectivity index (χ1n) is 3.64. The summed E-state index contributed by atoms with van der Waals surface area (Å²) >= 11 is 0.142. The van der Waals surface area contributed by atoms with Gasteiger partial charge in [-0.15, -0.1) is 0 Å². The molecule has 0 heterocycles. The van der Waals surface area contributed by atoms with Crippen molar-refractivity contribution in [1.82, 2.24) is 0 Å². The smallest absolute Gasteiger partial charge is 0.768 e. The molecule has 0 fully saturated rings. The third-order valence-electron chi connectivity index (χ3n) is 1.60. The molecule has 0 aliphatic rings. The Morgan fingerprint density at radius 3 is 2.56 bits per heavy atom. The van der Waals surface area contributed by atoms with Crippen molar-refractivity contribution in [2.24, 2.45) is 0 Å². The molecule has 0 amide bonds. The molecule has 1 atom stereocenters. The van der Waals surface area contributed by atoms with E-state index in [2.05, 4.69) is 20.7 Å². The Labute approximate surface area is 124 Å². The van der Waals surface area contributed by atoms with Crippen LogP contribution in [-0.4, -0.2) is 21.8 Å². The monoisotopic (exact) mass is 318 g/mol. The van der Waals surface area contributed by atoms with E-state index in [9.17, 15) is 17.9 Å². The predicted molar refractivity (Wildman–Crippen MR) is 52.6 cm³/mol. The van der Waals surface area contributed by atoms with E-state index >= 15 is 0 Å². The average Bonchev–Trinajstić information content (AvgIpc) is 2.20. The summed E-state index contributed by atoms with van der Waals surface area (Å²) in [6.45, 7) is 0. The number of methoxy groups -OCH3 is 1. The van der Waals surface area contributed by atoms with Crippen molar-refractivity contribution in [3.8, 4) is 0 Å². The van der Waals surface area contributed by atoms with Crippen LogP contribution >= 0.6 is 15.9 Å². The fourth-order valence-corrected chi connectivity index (χ4v) is 2.01. The Morgan fingerprint density at radius 2 is 2.12 bits per heavy atom. The van der Waals surface area contributed by atoms with Gasteiger partial charge in [0, 0.05) is 4.90 Å². The van der Waals surface area contributed by atoms with Gasteiger partial charge in [-0.05, 0) is 39.1 Å². The average molecular weight is 319 g/mol. The Balaban J connectivity index is 0.00000225. The summed E-state index contributed by atoms with van der Waals surface area (Å²) in [5.41, 5.74) is -0.155. The van der Waals surface area contributed by atoms with Crippen LogP contribution in [0.2, 0.25) is 0 Å². The number of halogens is 2. The Kier molecular flexibility index (Phi) is 6.92. The van der Waals surface area contributed by atoms with Gasteiger partial charge in [-0.2, -0.15) is 0 Å². The van der Waals surface area contributed by atoms with Gasteiger partial charge in [0.05, 0.1) is 17.1 Å². The molecule has 0 aromatic heterocycles. The Hall–Kier alpha value is 0.210. The third-order valence-corrected chi connectivity index (χ3v) is 3.34. The van der Waals surface area contributed by atoms with Crippen molar-refractivity contribution in [3.05, 3.63) is 28.0 Å². The molecule has 1 aromatic rings. The number of rotatable bonds is 2. The summed E-state index contributed by atoms with van der Waals surface area (Å²) < 4.78 is 38.7. The van der Waals surface area contributed by atoms with E-state index in [0.29, 0.717) is 0 Å². The van der Waals surface area contributed by atoms with E-state index in [0.717, 1.165) is 19.2 Å². The van der Waals surface area contributed by atoms with Crippen molar-refractivity contribution in [3.63, 3.8) is 0 Å². The van der Waals surface area contributed by atoms with Gasteiger partial charge in [0.25, 0.3) is 0 Å². The number of carbonyl (C=O) groups excluding carboxylic acids is 1. The van der Waals surface area contributed by atoms with Crippen LogP contribution in [0.5, 0.6) is 0 Å². The summed E-state index contributed by atoms with van der Waals surface area (Å²) in [4.78, 5) is 10.7. The van der Waals surface area contributed by atoms with Crippen molar-refractivity contribution in [1.29, 1.82) is 0 Å². The van der Waals surface area contributed by atoms with Crippen LogP contribution in [0.1, 0.15) is 10.4 Å². The molecule has 0 aliphatic heterocycles. The number of esters is 1. The number of hydrogen-bond acceptors (Lipinski definition) is 4. The minimum atomic E-state index is -2.62. The SMILES string of the molecule is COC(=O)c1cc(F)c(Br)c(S(=O)[O-])c1.[Na+]. The molecule has 0 bridgehead atoms. The quantitative estimate of drug-likeness (QED) is 0.383. The Morgan fingerprint density at radius 1 is 1.56 bits per heavy atom. The molecule has 0 radical (unpaired) electrons. The molecule has 4 nitrogen and oxygen atoms in total. The fraction of sp³-hybridized carbons (Fsp3) is 0.125. The molecule has 0 saturated carbocycles. The van der Waals surface area contributed by atoms with Gasteiger partial charge >= 0.3 is 35.5 Å². The van der Waals surface area contributed by atoms with E-state index in [1.165, 1.54) is 0 Å². The normalized spacial score (nSPS) is 11.5. The van der Waals surface area contributed by atoms with Gasteiger partial charge in [-0.1, -0.05) is 0 Å². The van der Waals surface area contributed by atoms with E-state index in [-0.39, 0.29) is 44.5 Å². The van der Waals surface area contributed by atoms with E-state index in [1.54, 1.807) is 0 Å². The van der Waals surface area contributed by atoms with Gasteiger partial charge in [-0.25, -0.2) is 9.18 Å². The fourth-order valence-electron chi connectivity index (χ4n) is 0.921. The minimum absolute atomic E-state index is 0. The van der Waals surface area contributed by atoms with Crippen molar-refractivity contribution in [2.45, 2.75) is 4.90 Å². The molecule has 0 N–H and O–H groups in total. The molecule has 0 aliphatic carbocycles. The summed E-state index contributed by atoms with van der Waals surface area (Å²) in [5, 5.41) is 0. The van der Waals surface area contributed by atoms with Gasteiger partial charge in [0.2, 0.25) is 0 Å². The van der Waals surface area contributed by atoms with Gasteiger partial charge in [0.1, 0.15) is 5.82 Å². The molecule has 0 saturated heterocycles. The van der Waals surface area contributed by atoms with E-state index in [4.69, 9.17) is 0 Å². The maximum Gasteiger partial charge on any atom is 1.00 e. The zero-order chi connectivity index (χ0) is 11.6. The predicted octanol–water partition coefficient (Wildman–Crippen LogP) is -1.38. The van der Waals surface area contributed by atoms with Gasteiger partial charge < -0.3 is 9.29 Å². The zero-order valence-corrected chi connectivity index (χ0v) is 12.9. The van der Waals surface area contributed by atoms with Crippen molar-refractivity contribution < 1.29 is 52.2 Å². The molecule has 1 rings (SSSR count). The summed E-state index contributed by atoms with van der Waals surface area (Å²) in [6.07, 6.45) is 0.